The third-order valence-electron chi connectivity index (χ3n) is 2.44. The number of hydrogen-bond acceptors (Lipinski definition) is 5. The van der Waals surface area contributed by atoms with Gasteiger partial charge in [0.25, 0.3) is 0 Å². The molecule has 17 heavy (non-hydrogen) atoms. The monoisotopic (exact) mass is 237 g/mol. The number of ether oxygens (including phenoxy) is 3. The van der Waals surface area contributed by atoms with Crippen LogP contribution < -0.4 is 14.8 Å². The van der Waals surface area contributed by atoms with Gasteiger partial charge in [-0.2, -0.15) is 0 Å². The molecule has 1 heterocycles. The summed E-state index contributed by atoms with van der Waals surface area (Å²) in [6, 6.07) is 4.12. The highest BCUT2D eigenvalue weighted by Crippen LogP contribution is 2.31. The van der Waals surface area contributed by atoms with E-state index in [9.17, 15) is 9.59 Å². The lowest BCUT2D eigenvalue weighted by Crippen LogP contribution is -2.20. The van der Waals surface area contributed by atoms with Crippen LogP contribution in [0.15, 0.2) is 18.2 Å². The van der Waals surface area contributed by atoms with Crippen molar-refractivity contribution in [2.45, 2.75) is 6.04 Å². The molecule has 1 N–H and O–H groups in total. The average molecular weight is 237 g/mol. The van der Waals surface area contributed by atoms with Crippen molar-refractivity contribution < 1.29 is 23.8 Å². The molecule has 90 valence electrons. The van der Waals surface area contributed by atoms with Crippen LogP contribution in [0.3, 0.4) is 0 Å². The van der Waals surface area contributed by atoms with Gasteiger partial charge in [-0.25, -0.2) is 9.59 Å². The lowest BCUT2D eigenvalue weighted by Gasteiger charge is -2.12. The zero-order valence-corrected chi connectivity index (χ0v) is 9.35. The Balaban J connectivity index is 2.42. The Morgan fingerprint density at radius 3 is 2.53 bits per heavy atom. The first-order valence-electron chi connectivity index (χ1n) is 4.90. The van der Waals surface area contributed by atoms with Gasteiger partial charge >= 0.3 is 12.1 Å². The van der Waals surface area contributed by atoms with Crippen LogP contribution in [0.4, 0.5) is 4.79 Å². The van der Waals surface area contributed by atoms with Gasteiger partial charge in [0.2, 0.25) is 0 Å². The van der Waals surface area contributed by atoms with Crippen molar-refractivity contribution >= 4 is 12.1 Å². The molecule has 0 saturated carbocycles. The molecule has 1 aliphatic rings. The van der Waals surface area contributed by atoms with Gasteiger partial charge in [0.1, 0.15) is 11.5 Å². The van der Waals surface area contributed by atoms with Gasteiger partial charge in [-0.05, 0) is 18.2 Å². The molecular formula is C11H11NO5. The highest BCUT2D eigenvalue weighted by atomic mass is 16.6. The molecule has 0 aromatic heterocycles. The Bertz CT molecular complexity index is 471. The second kappa shape index (κ2) is 4.32. The molecule has 0 bridgehead atoms. The quantitative estimate of drug-likeness (QED) is 0.627. The molecule has 1 amide bonds. The van der Waals surface area contributed by atoms with Gasteiger partial charge in [0.05, 0.1) is 14.2 Å². The SMILES string of the molecule is COc1ccc(OC)c(C2NC(=O)OC2=O)c1. The fourth-order valence-electron chi connectivity index (χ4n) is 1.63. The molecule has 1 aliphatic heterocycles. The lowest BCUT2D eigenvalue weighted by atomic mass is 10.1. The molecule has 0 aliphatic carbocycles. The third kappa shape index (κ3) is 2.01. The molecule has 1 saturated heterocycles. The second-order valence-corrected chi connectivity index (χ2v) is 3.39. The number of benzene rings is 1. The predicted molar refractivity (Wildman–Crippen MR) is 56.9 cm³/mol. The van der Waals surface area contributed by atoms with Gasteiger partial charge < -0.3 is 19.5 Å². The largest absolute Gasteiger partial charge is 0.497 e. The van der Waals surface area contributed by atoms with E-state index in [1.54, 1.807) is 18.2 Å². The standard InChI is InChI=1S/C11H11NO5/c1-15-6-3-4-8(16-2)7(5-6)9-10(13)17-11(14)12-9/h3-5,9H,1-2H3,(H,12,14). The van der Waals surface area contributed by atoms with E-state index in [1.165, 1.54) is 14.2 Å². The molecule has 0 radical (unpaired) electrons. The number of carbonyl (C=O) groups excluding carboxylic acids is 2. The molecule has 1 aromatic carbocycles. The van der Waals surface area contributed by atoms with Gasteiger partial charge in [-0.15, -0.1) is 0 Å². The van der Waals surface area contributed by atoms with Crippen LogP contribution in [0.1, 0.15) is 11.6 Å². The first kappa shape index (κ1) is 11.3. The van der Waals surface area contributed by atoms with E-state index in [0.29, 0.717) is 17.1 Å². The summed E-state index contributed by atoms with van der Waals surface area (Å²) in [5.41, 5.74) is 0.503. The Hall–Kier alpha value is -2.24. The van der Waals surface area contributed by atoms with Crippen LogP contribution in [0.2, 0.25) is 0 Å². The van der Waals surface area contributed by atoms with Crippen molar-refractivity contribution in [2.75, 3.05) is 14.2 Å². The van der Waals surface area contributed by atoms with E-state index < -0.39 is 18.1 Å². The maximum absolute atomic E-state index is 11.5. The fraction of sp³-hybridized carbons (Fsp3) is 0.273. The van der Waals surface area contributed by atoms with Gasteiger partial charge in [0.15, 0.2) is 6.04 Å². The highest BCUT2D eigenvalue weighted by molar-refractivity contribution is 5.96. The van der Waals surface area contributed by atoms with Crippen LogP contribution >= 0.6 is 0 Å². The smallest absolute Gasteiger partial charge is 0.415 e. The van der Waals surface area contributed by atoms with E-state index in [0.717, 1.165) is 0 Å². The summed E-state index contributed by atoms with van der Waals surface area (Å²) < 4.78 is 14.6. The molecule has 6 heteroatoms. The van der Waals surface area contributed by atoms with E-state index in [2.05, 4.69) is 10.1 Å². The van der Waals surface area contributed by atoms with Gasteiger partial charge in [0, 0.05) is 5.56 Å². The lowest BCUT2D eigenvalue weighted by molar-refractivity contribution is -0.135. The first-order valence-corrected chi connectivity index (χ1v) is 4.90. The number of nitrogens with one attached hydrogen (secondary N) is 1. The molecule has 6 nitrogen and oxygen atoms in total. The summed E-state index contributed by atoms with van der Waals surface area (Å²) in [4.78, 5) is 22.4. The minimum atomic E-state index is -0.854. The molecule has 2 rings (SSSR count). The Kier molecular flexibility index (Phi) is 2.86. The van der Waals surface area contributed by atoms with Crippen molar-refractivity contribution in [3.05, 3.63) is 23.8 Å². The number of cyclic esters (lactones) is 2. The number of rotatable bonds is 3. The molecule has 1 fully saturated rings. The summed E-state index contributed by atoms with van der Waals surface area (Å²) in [5, 5.41) is 2.40. The average Bonchev–Trinajstić information content (AvgIpc) is 2.67. The van der Waals surface area contributed by atoms with E-state index in [1.807, 2.05) is 0 Å². The topological polar surface area (TPSA) is 73.9 Å². The summed E-state index contributed by atoms with van der Waals surface area (Å²) in [7, 11) is 2.99. The number of alkyl carbamates (subject to hydrolysis) is 1. The number of amides is 1. The Labute approximate surface area is 97.5 Å². The molecule has 0 spiro atoms. The number of hydrogen-bond donors (Lipinski definition) is 1. The maximum Gasteiger partial charge on any atom is 0.415 e. The minimum absolute atomic E-state index is 0.481. The van der Waals surface area contributed by atoms with Crippen LogP contribution in [0, 0.1) is 0 Å². The van der Waals surface area contributed by atoms with Crippen molar-refractivity contribution in [2.24, 2.45) is 0 Å². The predicted octanol–water partition coefficient (Wildman–Crippen LogP) is 1.01. The van der Waals surface area contributed by atoms with E-state index in [-0.39, 0.29) is 0 Å². The minimum Gasteiger partial charge on any atom is -0.497 e. The summed E-state index contributed by atoms with van der Waals surface area (Å²) in [6.07, 6.45) is -0.759. The molecule has 1 aromatic rings. The first-order chi connectivity index (χ1) is 8.15. The zero-order chi connectivity index (χ0) is 12.4. The van der Waals surface area contributed by atoms with E-state index in [4.69, 9.17) is 9.47 Å². The molecular weight excluding hydrogens is 226 g/mol. The summed E-state index contributed by atoms with van der Waals surface area (Å²) >= 11 is 0. The van der Waals surface area contributed by atoms with Crippen molar-refractivity contribution in [1.29, 1.82) is 0 Å². The van der Waals surface area contributed by atoms with Crippen molar-refractivity contribution in [3.63, 3.8) is 0 Å². The van der Waals surface area contributed by atoms with Crippen LogP contribution in [0.25, 0.3) is 0 Å². The highest BCUT2D eigenvalue weighted by Gasteiger charge is 2.35. The molecule has 1 unspecified atom stereocenters. The number of carbonyl (C=O) groups is 2. The zero-order valence-electron chi connectivity index (χ0n) is 9.35. The Morgan fingerprint density at radius 1 is 1.24 bits per heavy atom. The van der Waals surface area contributed by atoms with Crippen molar-refractivity contribution in [1.82, 2.24) is 5.32 Å². The van der Waals surface area contributed by atoms with Gasteiger partial charge in [-0.1, -0.05) is 0 Å². The number of esters is 1. The third-order valence-corrected chi connectivity index (χ3v) is 2.44. The normalized spacial score (nSPS) is 18.6. The van der Waals surface area contributed by atoms with Crippen LogP contribution in [-0.4, -0.2) is 26.3 Å². The molecule has 1 atom stereocenters. The summed E-state index contributed by atoms with van der Waals surface area (Å²) in [5.74, 6) is 0.395. The van der Waals surface area contributed by atoms with E-state index >= 15 is 0 Å². The van der Waals surface area contributed by atoms with Crippen molar-refractivity contribution in [3.8, 4) is 11.5 Å². The second-order valence-electron chi connectivity index (χ2n) is 3.39. The number of methoxy groups -OCH3 is 2. The summed E-state index contributed by atoms with van der Waals surface area (Å²) in [6.45, 7) is 0. The maximum atomic E-state index is 11.5. The van der Waals surface area contributed by atoms with Crippen LogP contribution in [-0.2, 0) is 9.53 Å². The Morgan fingerprint density at radius 2 is 2.00 bits per heavy atom. The van der Waals surface area contributed by atoms with Crippen LogP contribution in [0.5, 0.6) is 11.5 Å². The fourth-order valence-corrected chi connectivity index (χ4v) is 1.63. The van der Waals surface area contributed by atoms with Gasteiger partial charge in [-0.3, -0.25) is 0 Å².